The number of aromatic nitrogens is 2. The quantitative estimate of drug-likeness (QED) is 0.680. The Morgan fingerprint density at radius 2 is 1.97 bits per heavy atom. The molecule has 0 saturated carbocycles. The van der Waals surface area contributed by atoms with Gasteiger partial charge in [-0.1, -0.05) is 38.1 Å². The van der Waals surface area contributed by atoms with E-state index in [2.05, 4.69) is 10.3 Å². The molecule has 0 saturated heterocycles. The number of nitrogens with zero attached hydrogens (tertiary/aromatic N) is 3. The summed E-state index contributed by atoms with van der Waals surface area (Å²) < 4.78 is 16.1. The van der Waals surface area contributed by atoms with Crippen LogP contribution in [0.4, 0.5) is 10.1 Å². The summed E-state index contributed by atoms with van der Waals surface area (Å²) in [5, 5.41) is 2.80. The van der Waals surface area contributed by atoms with Gasteiger partial charge in [-0.05, 0) is 35.2 Å². The molecule has 0 aliphatic carbocycles. The molecule has 1 aliphatic heterocycles. The number of hydrogen-bond donors (Lipinski definition) is 1. The molecule has 1 atom stereocenters. The lowest BCUT2D eigenvalue weighted by molar-refractivity contribution is -0.140. The fourth-order valence-electron chi connectivity index (χ4n) is 3.91. The van der Waals surface area contributed by atoms with Gasteiger partial charge >= 0.3 is 0 Å². The molecule has 3 aromatic rings. The van der Waals surface area contributed by atoms with Crippen molar-refractivity contribution in [2.24, 2.45) is 5.92 Å². The molecule has 160 valence electrons. The van der Waals surface area contributed by atoms with Crippen molar-refractivity contribution in [3.05, 3.63) is 78.1 Å². The van der Waals surface area contributed by atoms with Gasteiger partial charge in [-0.25, -0.2) is 9.37 Å². The van der Waals surface area contributed by atoms with Gasteiger partial charge in [-0.3, -0.25) is 9.59 Å². The van der Waals surface area contributed by atoms with Gasteiger partial charge in [0.15, 0.2) is 0 Å². The first-order valence-corrected chi connectivity index (χ1v) is 10.4. The molecule has 1 aromatic heterocycles. The molecule has 0 radical (unpaired) electrons. The van der Waals surface area contributed by atoms with Crippen LogP contribution in [0.5, 0.6) is 0 Å². The van der Waals surface area contributed by atoms with Crippen molar-refractivity contribution in [2.75, 3.05) is 5.32 Å². The zero-order valence-corrected chi connectivity index (χ0v) is 17.6. The Balaban J connectivity index is 1.56. The van der Waals surface area contributed by atoms with E-state index in [1.54, 1.807) is 34.0 Å². The minimum Gasteiger partial charge on any atom is -0.326 e. The van der Waals surface area contributed by atoms with E-state index < -0.39 is 11.9 Å². The van der Waals surface area contributed by atoms with E-state index in [0.29, 0.717) is 30.8 Å². The maximum Gasteiger partial charge on any atom is 0.247 e. The van der Waals surface area contributed by atoms with Crippen molar-refractivity contribution >= 4 is 17.5 Å². The van der Waals surface area contributed by atoms with Crippen LogP contribution < -0.4 is 5.32 Å². The second-order valence-corrected chi connectivity index (χ2v) is 8.23. The zero-order chi connectivity index (χ0) is 22.0. The molecule has 0 fully saturated rings. The highest BCUT2D eigenvalue weighted by Gasteiger charge is 2.34. The topological polar surface area (TPSA) is 67.2 Å². The summed E-state index contributed by atoms with van der Waals surface area (Å²) in [5.74, 6) is -0.650. The molecule has 4 rings (SSSR count). The molecular weight excluding hydrogens is 395 g/mol. The van der Waals surface area contributed by atoms with Crippen molar-refractivity contribution in [1.29, 1.82) is 0 Å². The van der Waals surface area contributed by atoms with E-state index in [9.17, 15) is 14.0 Å². The lowest BCUT2D eigenvalue weighted by Gasteiger charge is -2.36. The SMILES string of the molecule is CC(C)CC(=O)N1Cc2ccccc2CC1C(=O)Nc1ccc(-n2ccnc2)c(F)c1. The van der Waals surface area contributed by atoms with Gasteiger partial charge in [0.05, 0.1) is 12.0 Å². The molecule has 7 heteroatoms. The second-order valence-electron chi connectivity index (χ2n) is 8.23. The van der Waals surface area contributed by atoms with Crippen molar-refractivity contribution in [1.82, 2.24) is 14.5 Å². The number of amides is 2. The van der Waals surface area contributed by atoms with E-state index >= 15 is 0 Å². The fourth-order valence-corrected chi connectivity index (χ4v) is 3.91. The average Bonchev–Trinajstić information content (AvgIpc) is 3.27. The Labute approximate surface area is 180 Å². The average molecular weight is 420 g/mol. The maximum absolute atomic E-state index is 14.6. The molecule has 2 amide bonds. The van der Waals surface area contributed by atoms with Gasteiger partial charge in [0.1, 0.15) is 11.9 Å². The third-order valence-electron chi connectivity index (χ3n) is 5.45. The maximum atomic E-state index is 14.6. The largest absolute Gasteiger partial charge is 0.326 e. The molecule has 31 heavy (non-hydrogen) atoms. The molecule has 1 N–H and O–H groups in total. The van der Waals surface area contributed by atoms with E-state index in [1.165, 1.54) is 12.4 Å². The van der Waals surface area contributed by atoms with Crippen LogP contribution in [0.3, 0.4) is 0 Å². The first-order chi connectivity index (χ1) is 14.9. The van der Waals surface area contributed by atoms with Gasteiger partial charge < -0.3 is 14.8 Å². The van der Waals surface area contributed by atoms with Crippen molar-refractivity contribution in [2.45, 2.75) is 39.3 Å². The van der Waals surface area contributed by atoms with Crippen LogP contribution in [0.2, 0.25) is 0 Å². The molecule has 1 unspecified atom stereocenters. The first kappa shape index (κ1) is 20.8. The van der Waals surface area contributed by atoms with Crippen LogP contribution in [-0.4, -0.2) is 32.3 Å². The van der Waals surface area contributed by atoms with Crippen LogP contribution >= 0.6 is 0 Å². The predicted octanol–water partition coefficient (Wildman–Crippen LogP) is 3.95. The Kier molecular flexibility index (Phi) is 5.84. The number of rotatable bonds is 5. The minimum atomic E-state index is -0.641. The van der Waals surface area contributed by atoms with Gasteiger partial charge in [0, 0.05) is 37.5 Å². The van der Waals surface area contributed by atoms with Gasteiger partial charge in [-0.2, -0.15) is 0 Å². The van der Waals surface area contributed by atoms with E-state index in [0.717, 1.165) is 11.1 Å². The number of hydrogen-bond acceptors (Lipinski definition) is 3. The summed E-state index contributed by atoms with van der Waals surface area (Å²) in [6, 6.07) is 11.7. The molecule has 0 bridgehead atoms. The summed E-state index contributed by atoms with van der Waals surface area (Å²) >= 11 is 0. The minimum absolute atomic E-state index is 0.0497. The monoisotopic (exact) mass is 420 g/mol. The zero-order valence-electron chi connectivity index (χ0n) is 17.6. The number of carbonyl (C=O) groups is 2. The Hall–Kier alpha value is -3.48. The number of anilines is 1. The first-order valence-electron chi connectivity index (χ1n) is 10.4. The summed E-state index contributed by atoms with van der Waals surface area (Å²) in [5.41, 5.74) is 2.80. The summed E-state index contributed by atoms with van der Waals surface area (Å²) in [6.45, 7) is 4.36. The predicted molar refractivity (Wildman–Crippen MR) is 116 cm³/mol. The third-order valence-corrected chi connectivity index (χ3v) is 5.45. The van der Waals surface area contributed by atoms with Crippen LogP contribution in [-0.2, 0) is 22.6 Å². The molecular formula is C24H25FN4O2. The third kappa shape index (κ3) is 4.50. The Bertz CT molecular complexity index is 1090. The van der Waals surface area contributed by atoms with E-state index in [1.807, 2.05) is 38.1 Å². The van der Waals surface area contributed by atoms with Gasteiger partial charge in [0.2, 0.25) is 11.8 Å². The molecule has 1 aliphatic rings. The van der Waals surface area contributed by atoms with Gasteiger partial charge in [0.25, 0.3) is 0 Å². The summed E-state index contributed by atoms with van der Waals surface area (Å²) in [7, 11) is 0. The summed E-state index contributed by atoms with van der Waals surface area (Å²) in [6.07, 6.45) is 5.53. The fraction of sp³-hybridized carbons (Fsp3) is 0.292. The second kappa shape index (κ2) is 8.71. The lowest BCUT2D eigenvalue weighted by atomic mass is 9.92. The molecule has 2 heterocycles. The standard InChI is InChI=1S/C24H25FN4O2/c1-16(2)11-23(30)29-14-18-6-4-3-5-17(18)12-22(29)24(31)27-19-7-8-21(20(25)13-19)28-10-9-26-15-28/h3-10,13,15-16,22H,11-12,14H2,1-2H3,(H,27,31). The summed E-state index contributed by atoms with van der Waals surface area (Å²) in [4.78, 5) is 31.6. The highest BCUT2D eigenvalue weighted by Crippen LogP contribution is 2.26. The van der Waals surface area contributed by atoms with E-state index in [4.69, 9.17) is 0 Å². The number of imidazole rings is 1. The van der Waals surface area contributed by atoms with Crippen LogP contribution in [0.15, 0.2) is 61.2 Å². The molecule has 6 nitrogen and oxygen atoms in total. The van der Waals surface area contributed by atoms with Crippen LogP contribution in [0.25, 0.3) is 5.69 Å². The van der Waals surface area contributed by atoms with E-state index in [-0.39, 0.29) is 17.7 Å². The number of benzene rings is 2. The van der Waals surface area contributed by atoms with Gasteiger partial charge in [-0.15, -0.1) is 0 Å². The molecule has 2 aromatic carbocycles. The highest BCUT2D eigenvalue weighted by molar-refractivity contribution is 5.97. The number of nitrogens with one attached hydrogen (secondary N) is 1. The van der Waals surface area contributed by atoms with Crippen LogP contribution in [0, 0.1) is 11.7 Å². The normalized spacial score (nSPS) is 15.6. The van der Waals surface area contributed by atoms with Crippen molar-refractivity contribution in [3.8, 4) is 5.69 Å². The number of carbonyl (C=O) groups excluding carboxylic acids is 2. The molecule has 0 spiro atoms. The lowest BCUT2D eigenvalue weighted by Crippen LogP contribution is -2.50. The van der Waals surface area contributed by atoms with Crippen molar-refractivity contribution in [3.63, 3.8) is 0 Å². The Morgan fingerprint density at radius 3 is 2.65 bits per heavy atom. The Morgan fingerprint density at radius 1 is 1.19 bits per heavy atom. The highest BCUT2D eigenvalue weighted by atomic mass is 19.1. The smallest absolute Gasteiger partial charge is 0.247 e. The van der Waals surface area contributed by atoms with Crippen LogP contribution in [0.1, 0.15) is 31.4 Å². The number of halogens is 1. The number of fused-ring (bicyclic) bond motifs is 1. The van der Waals surface area contributed by atoms with Crippen molar-refractivity contribution < 1.29 is 14.0 Å².